The molecular weight excluding hydrogens is 396 g/mol. The summed E-state index contributed by atoms with van der Waals surface area (Å²) in [4.78, 5) is 0. The number of methoxy groups -OCH3 is 1. The highest BCUT2D eigenvalue weighted by Crippen LogP contribution is 2.66. The van der Waals surface area contributed by atoms with Crippen LogP contribution in [0.25, 0.3) is 0 Å². The molecule has 0 aromatic carbocycles. The van der Waals surface area contributed by atoms with Crippen LogP contribution < -0.4 is 0 Å². The first-order valence-electron chi connectivity index (χ1n) is 13.4. The van der Waals surface area contributed by atoms with E-state index >= 15 is 0 Å². The molecule has 3 heteroatoms. The molecule has 0 heterocycles. The van der Waals surface area contributed by atoms with E-state index < -0.39 is 0 Å². The second-order valence-electron chi connectivity index (χ2n) is 12.5. The van der Waals surface area contributed by atoms with Crippen LogP contribution in [0.5, 0.6) is 0 Å². The Morgan fingerprint density at radius 1 is 1.09 bits per heavy atom. The van der Waals surface area contributed by atoms with Gasteiger partial charge in [0.15, 0.2) is 0 Å². The number of allylic oxidation sites excluding steroid dienone is 2. The molecule has 182 valence electrons. The van der Waals surface area contributed by atoms with Crippen molar-refractivity contribution in [2.24, 2.45) is 40.4 Å². The van der Waals surface area contributed by atoms with Crippen molar-refractivity contribution in [3.05, 3.63) is 23.3 Å². The standard InChI is InChI=1S/C29H48O3/c1-19(2)8-7-9-20(3)24-12-13-25-23-11-10-21-16-22(32-18-31-6)14-15-28(21,4)27(23)26(30)17-29(24,25)5/h10-11,19-20,22,24-27,30H,7-9,12-18H2,1-6H3/t20-,22+,24-,25+,26-,27-,28+,29-/m1/s1. The minimum absolute atomic E-state index is 0.0821. The fourth-order valence-electron chi connectivity index (χ4n) is 8.43. The van der Waals surface area contributed by atoms with Gasteiger partial charge < -0.3 is 14.6 Å². The summed E-state index contributed by atoms with van der Waals surface area (Å²) in [6.07, 6.45) is 15.6. The molecular formula is C29H48O3. The Morgan fingerprint density at radius 3 is 2.59 bits per heavy atom. The minimum Gasteiger partial charge on any atom is -0.392 e. The summed E-state index contributed by atoms with van der Waals surface area (Å²) in [5.74, 6) is 3.24. The predicted octanol–water partition coefficient (Wildman–Crippen LogP) is 6.91. The van der Waals surface area contributed by atoms with E-state index in [9.17, 15) is 5.11 Å². The molecule has 0 bridgehead atoms. The molecule has 8 atom stereocenters. The van der Waals surface area contributed by atoms with Crippen molar-refractivity contribution >= 4 is 0 Å². The Labute approximate surface area is 197 Å². The molecule has 3 nitrogen and oxygen atoms in total. The predicted molar refractivity (Wildman–Crippen MR) is 131 cm³/mol. The molecule has 3 fully saturated rings. The molecule has 0 aliphatic heterocycles. The number of hydrogen-bond acceptors (Lipinski definition) is 3. The summed E-state index contributed by atoms with van der Waals surface area (Å²) in [5, 5.41) is 11.7. The largest absolute Gasteiger partial charge is 0.392 e. The van der Waals surface area contributed by atoms with Crippen LogP contribution in [0.15, 0.2) is 23.3 Å². The lowest BCUT2D eigenvalue weighted by Gasteiger charge is -2.57. The molecule has 4 aliphatic rings. The van der Waals surface area contributed by atoms with Gasteiger partial charge >= 0.3 is 0 Å². The summed E-state index contributed by atoms with van der Waals surface area (Å²) < 4.78 is 11.1. The van der Waals surface area contributed by atoms with Gasteiger partial charge in [-0.25, -0.2) is 0 Å². The van der Waals surface area contributed by atoms with Crippen LogP contribution in [0.3, 0.4) is 0 Å². The smallest absolute Gasteiger partial charge is 0.146 e. The molecule has 0 aromatic heterocycles. The molecule has 0 spiro atoms. The molecule has 0 aromatic rings. The Balaban J connectivity index is 1.54. The number of hydrogen-bond donors (Lipinski definition) is 1. The second kappa shape index (κ2) is 9.55. The summed E-state index contributed by atoms with van der Waals surface area (Å²) in [6, 6.07) is 0. The molecule has 0 unspecified atom stereocenters. The van der Waals surface area contributed by atoms with Gasteiger partial charge in [0.2, 0.25) is 0 Å². The van der Waals surface area contributed by atoms with Crippen molar-refractivity contribution in [2.75, 3.05) is 13.9 Å². The number of aliphatic hydroxyl groups excluding tert-OH is 1. The van der Waals surface area contributed by atoms with Crippen LogP contribution in [-0.2, 0) is 9.47 Å². The first kappa shape index (κ1) is 24.5. The molecule has 0 saturated heterocycles. The van der Waals surface area contributed by atoms with Crippen molar-refractivity contribution in [1.29, 1.82) is 0 Å². The van der Waals surface area contributed by atoms with Gasteiger partial charge in [0, 0.05) is 13.0 Å². The Bertz CT molecular complexity index is 724. The van der Waals surface area contributed by atoms with Crippen LogP contribution in [0.1, 0.15) is 92.4 Å². The zero-order valence-electron chi connectivity index (χ0n) is 21.5. The molecule has 3 saturated carbocycles. The van der Waals surface area contributed by atoms with E-state index in [2.05, 4.69) is 46.8 Å². The zero-order chi connectivity index (χ0) is 23.1. The zero-order valence-corrected chi connectivity index (χ0v) is 21.5. The van der Waals surface area contributed by atoms with E-state index in [0.717, 1.165) is 43.4 Å². The maximum Gasteiger partial charge on any atom is 0.146 e. The SMILES string of the molecule is COCO[C@H]1CC[C@@]2(C)C(=CC=C3[C@@H]2[C@H](O)C[C@]2(C)[C@@H]([C@H](C)CCCC(C)C)CC[C@@H]32)C1. The molecule has 0 amide bonds. The average Bonchev–Trinajstić information content (AvgIpc) is 3.08. The van der Waals surface area contributed by atoms with Crippen LogP contribution in [-0.4, -0.2) is 31.2 Å². The Kier molecular flexibility index (Phi) is 7.30. The van der Waals surface area contributed by atoms with E-state index in [0.29, 0.717) is 18.6 Å². The van der Waals surface area contributed by atoms with Gasteiger partial charge in [0.25, 0.3) is 0 Å². The topological polar surface area (TPSA) is 38.7 Å². The van der Waals surface area contributed by atoms with Crippen LogP contribution in [0.4, 0.5) is 0 Å². The number of rotatable bonds is 8. The monoisotopic (exact) mass is 444 g/mol. The van der Waals surface area contributed by atoms with Gasteiger partial charge in [-0.15, -0.1) is 0 Å². The summed E-state index contributed by atoms with van der Waals surface area (Å²) in [6.45, 7) is 12.5. The fraction of sp³-hybridized carbons (Fsp3) is 0.862. The first-order valence-corrected chi connectivity index (χ1v) is 13.4. The molecule has 4 aliphatic carbocycles. The van der Waals surface area contributed by atoms with Crippen LogP contribution >= 0.6 is 0 Å². The van der Waals surface area contributed by atoms with E-state index in [4.69, 9.17) is 9.47 Å². The Morgan fingerprint density at radius 2 is 1.88 bits per heavy atom. The third-order valence-corrected chi connectivity index (χ3v) is 10.1. The van der Waals surface area contributed by atoms with Crippen molar-refractivity contribution in [3.8, 4) is 0 Å². The lowest BCUT2D eigenvalue weighted by Crippen LogP contribution is -2.53. The third kappa shape index (κ3) is 4.27. The maximum atomic E-state index is 11.7. The van der Waals surface area contributed by atoms with Gasteiger partial charge in [-0.1, -0.05) is 77.2 Å². The second-order valence-corrected chi connectivity index (χ2v) is 12.5. The van der Waals surface area contributed by atoms with Crippen LogP contribution in [0.2, 0.25) is 0 Å². The van der Waals surface area contributed by atoms with Gasteiger partial charge in [-0.3, -0.25) is 0 Å². The number of aliphatic hydroxyl groups is 1. The normalized spacial score (nSPS) is 42.1. The molecule has 4 rings (SSSR count). The highest BCUT2D eigenvalue weighted by atomic mass is 16.7. The first-order chi connectivity index (χ1) is 15.2. The molecule has 0 radical (unpaired) electrons. The van der Waals surface area contributed by atoms with Crippen molar-refractivity contribution in [1.82, 2.24) is 0 Å². The summed E-state index contributed by atoms with van der Waals surface area (Å²) >= 11 is 0. The summed E-state index contributed by atoms with van der Waals surface area (Å²) in [7, 11) is 1.69. The quantitative estimate of drug-likeness (QED) is 0.413. The van der Waals surface area contributed by atoms with Gasteiger partial charge in [-0.05, 0) is 73.0 Å². The number of fused-ring (bicyclic) bond motifs is 5. The van der Waals surface area contributed by atoms with Gasteiger partial charge in [-0.2, -0.15) is 0 Å². The van der Waals surface area contributed by atoms with Gasteiger partial charge in [0.05, 0.1) is 12.2 Å². The lowest BCUT2D eigenvalue weighted by atomic mass is 9.49. The fourth-order valence-corrected chi connectivity index (χ4v) is 8.43. The lowest BCUT2D eigenvalue weighted by molar-refractivity contribution is -0.0952. The summed E-state index contributed by atoms with van der Waals surface area (Å²) in [5.41, 5.74) is 3.39. The highest BCUT2D eigenvalue weighted by Gasteiger charge is 2.59. The third-order valence-electron chi connectivity index (χ3n) is 10.1. The van der Waals surface area contributed by atoms with Crippen molar-refractivity contribution in [2.45, 2.75) is 105 Å². The number of ether oxygens (including phenoxy) is 2. The van der Waals surface area contributed by atoms with Crippen LogP contribution in [0, 0.1) is 40.4 Å². The molecule has 32 heavy (non-hydrogen) atoms. The minimum atomic E-state index is -0.226. The van der Waals surface area contributed by atoms with Crippen molar-refractivity contribution in [3.63, 3.8) is 0 Å². The van der Waals surface area contributed by atoms with Crippen molar-refractivity contribution < 1.29 is 14.6 Å². The van der Waals surface area contributed by atoms with E-state index in [-0.39, 0.29) is 23.0 Å². The van der Waals surface area contributed by atoms with E-state index in [1.165, 1.54) is 37.7 Å². The highest BCUT2D eigenvalue weighted by molar-refractivity contribution is 5.40. The van der Waals surface area contributed by atoms with E-state index in [1.807, 2.05) is 0 Å². The van der Waals surface area contributed by atoms with E-state index in [1.54, 1.807) is 12.7 Å². The Hall–Kier alpha value is -0.640. The molecule has 1 N–H and O–H groups in total. The maximum absolute atomic E-state index is 11.7. The van der Waals surface area contributed by atoms with Gasteiger partial charge in [0.1, 0.15) is 6.79 Å². The average molecular weight is 445 g/mol.